The van der Waals surface area contributed by atoms with Gasteiger partial charge in [0, 0.05) is 35.4 Å². The molecule has 0 saturated heterocycles. The highest BCUT2D eigenvalue weighted by Crippen LogP contribution is 2.32. The molecular weight excluding hydrogens is 448 g/mol. The van der Waals surface area contributed by atoms with Gasteiger partial charge in [0.1, 0.15) is 5.65 Å². The minimum Gasteiger partial charge on any atom is -0.390 e. The number of pyridine rings is 2. The van der Waals surface area contributed by atoms with Gasteiger partial charge in [0.05, 0.1) is 28.6 Å². The minimum absolute atomic E-state index is 0.212. The van der Waals surface area contributed by atoms with E-state index in [-0.39, 0.29) is 12.5 Å². The van der Waals surface area contributed by atoms with Crippen LogP contribution in [0.4, 0.5) is 5.69 Å². The van der Waals surface area contributed by atoms with Crippen LogP contribution in [0.5, 0.6) is 0 Å². The fraction of sp³-hybridized carbons (Fsp3) is 0.0741. The molecular formula is C27H21ClN4O2. The van der Waals surface area contributed by atoms with Crippen LogP contribution in [0.15, 0.2) is 85.3 Å². The van der Waals surface area contributed by atoms with E-state index in [2.05, 4.69) is 10.3 Å². The van der Waals surface area contributed by atoms with E-state index in [4.69, 9.17) is 16.6 Å². The smallest absolute Gasteiger partial charge is 0.257 e. The number of fused-ring (bicyclic) bond motifs is 1. The number of anilines is 1. The molecule has 5 aromatic rings. The predicted octanol–water partition coefficient (Wildman–Crippen LogP) is 5.77. The van der Waals surface area contributed by atoms with Crippen molar-refractivity contribution >= 4 is 28.8 Å². The number of aromatic nitrogens is 3. The summed E-state index contributed by atoms with van der Waals surface area (Å²) in [7, 11) is 0. The van der Waals surface area contributed by atoms with Crippen molar-refractivity contribution in [2.75, 3.05) is 5.32 Å². The molecule has 0 radical (unpaired) electrons. The van der Waals surface area contributed by atoms with E-state index in [0.717, 1.165) is 27.9 Å². The summed E-state index contributed by atoms with van der Waals surface area (Å²) in [5.41, 5.74) is 6.61. The van der Waals surface area contributed by atoms with Gasteiger partial charge in [-0.15, -0.1) is 0 Å². The molecule has 0 aliphatic heterocycles. The Morgan fingerprint density at radius 3 is 2.62 bits per heavy atom. The summed E-state index contributed by atoms with van der Waals surface area (Å²) in [6.45, 7) is 1.78. The molecule has 2 aromatic carbocycles. The standard InChI is InChI=1S/C27H21ClN4O2/c1-17-6-9-20(10-7-17)30-27(34)22-14-18(8-11-23(22)28)21-5-3-13-32-25(19-4-2-12-29-15-19)24(16-33)31-26(21)32/h2-15,33H,16H2,1H3,(H,30,34). The molecule has 7 heteroatoms. The molecule has 0 atom stereocenters. The van der Waals surface area contributed by atoms with Gasteiger partial charge in [-0.25, -0.2) is 4.98 Å². The number of hydrogen-bond acceptors (Lipinski definition) is 4. The summed E-state index contributed by atoms with van der Waals surface area (Å²) in [6.07, 6.45) is 5.34. The van der Waals surface area contributed by atoms with Gasteiger partial charge in [-0.3, -0.25) is 14.2 Å². The number of carbonyl (C=O) groups is 1. The highest BCUT2D eigenvalue weighted by molar-refractivity contribution is 6.34. The fourth-order valence-electron chi connectivity index (χ4n) is 3.96. The summed E-state index contributed by atoms with van der Waals surface area (Å²) in [5, 5.41) is 13.2. The molecule has 6 nitrogen and oxygen atoms in total. The Hall–Kier alpha value is -4.00. The Labute approximate surface area is 201 Å². The van der Waals surface area contributed by atoms with Crippen molar-refractivity contribution in [3.8, 4) is 22.4 Å². The van der Waals surface area contributed by atoms with Gasteiger partial charge in [-0.05, 0) is 61.0 Å². The maximum Gasteiger partial charge on any atom is 0.257 e. The van der Waals surface area contributed by atoms with Crippen LogP contribution in [0.1, 0.15) is 21.6 Å². The molecule has 3 aromatic heterocycles. The van der Waals surface area contributed by atoms with Crippen LogP contribution in [-0.2, 0) is 6.61 Å². The number of aliphatic hydroxyl groups is 1. The normalized spacial score (nSPS) is 11.0. The van der Waals surface area contributed by atoms with Crippen molar-refractivity contribution in [1.82, 2.24) is 14.4 Å². The lowest BCUT2D eigenvalue weighted by Crippen LogP contribution is -2.12. The summed E-state index contributed by atoms with van der Waals surface area (Å²) in [5.74, 6) is -0.293. The van der Waals surface area contributed by atoms with Crippen molar-refractivity contribution in [1.29, 1.82) is 0 Å². The zero-order valence-corrected chi connectivity index (χ0v) is 19.1. The van der Waals surface area contributed by atoms with Crippen LogP contribution in [0.3, 0.4) is 0 Å². The van der Waals surface area contributed by atoms with Crippen LogP contribution in [0.25, 0.3) is 28.0 Å². The molecule has 3 heterocycles. The van der Waals surface area contributed by atoms with E-state index < -0.39 is 0 Å². The third kappa shape index (κ3) is 4.05. The van der Waals surface area contributed by atoms with Crippen molar-refractivity contribution < 1.29 is 9.90 Å². The molecule has 2 N–H and O–H groups in total. The molecule has 0 aliphatic carbocycles. The highest BCUT2D eigenvalue weighted by atomic mass is 35.5. The SMILES string of the molecule is Cc1ccc(NC(=O)c2cc(-c3cccn4c(-c5cccnc5)c(CO)nc34)ccc2Cl)cc1. The molecule has 1 amide bonds. The Bertz CT molecular complexity index is 1500. The molecule has 0 fully saturated rings. The quantitative estimate of drug-likeness (QED) is 0.343. The third-order valence-corrected chi connectivity index (χ3v) is 5.97. The van der Waals surface area contributed by atoms with Gasteiger partial charge >= 0.3 is 0 Å². The third-order valence-electron chi connectivity index (χ3n) is 5.64. The van der Waals surface area contributed by atoms with E-state index in [0.29, 0.717) is 27.6 Å². The van der Waals surface area contributed by atoms with E-state index in [1.165, 1.54) is 0 Å². The molecule has 0 unspecified atom stereocenters. The van der Waals surface area contributed by atoms with Crippen LogP contribution < -0.4 is 5.32 Å². The number of hydrogen-bond donors (Lipinski definition) is 2. The average molecular weight is 469 g/mol. The number of imidazole rings is 1. The summed E-state index contributed by atoms with van der Waals surface area (Å²) >= 11 is 6.40. The molecule has 0 bridgehead atoms. The molecule has 5 rings (SSSR count). The first kappa shape index (κ1) is 21.8. The monoisotopic (exact) mass is 468 g/mol. The molecule has 168 valence electrons. The van der Waals surface area contributed by atoms with E-state index in [9.17, 15) is 9.90 Å². The van der Waals surface area contributed by atoms with E-state index in [1.54, 1.807) is 24.5 Å². The number of aliphatic hydroxyl groups excluding tert-OH is 1. The van der Waals surface area contributed by atoms with E-state index in [1.807, 2.05) is 72.1 Å². The first-order chi connectivity index (χ1) is 16.5. The van der Waals surface area contributed by atoms with Crippen LogP contribution in [-0.4, -0.2) is 25.4 Å². The van der Waals surface area contributed by atoms with Gasteiger partial charge in [-0.2, -0.15) is 0 Å². The zero-order valence-electron chi connectivity index (χ0n) is 18.4. The number of nitrogens with zero attached hydrogens (tertiary/aromatic N) is 3. The van der Waals surface area contributed by atoms with Crippen LogP contribution in [0.2, 0.25) is 5.02 Å². The molecule has 0 saturated carbocycles. The van der Waals surface area contributed by atoms with Crippen LogP contribution in [0, 0.1) is 6.92 Å². The Morgan fingerprint density at radius 1 is 1.06 bits per heavy atom. The van der Waals surface area contributed by atoms with Crippen molar-refractivity contribution in [3.63, 3.8) is 0 Å². The number of nitrogens with one attached hydrogen (secondary N) is 1. The van der Waals surface area contributed by atoms with Gasteiger partial charge in [0.15, 0.2) is 0 Å². The lowest BCUT2D eigenvalue weighted by Gasteiger charge is -2.11. The van der Waals surface area contributed by atoms with Crippen molar-refractivity contribution in [2.45, 2.75) is 13.5 Å². The Balaban J connectivity index is 1.59. The minimum atomic E-state index is -0.293. The largest absolute Gasteiger partial charge is 0.390 e. The van der Waals surface area contributed by atoms with Crippen molar-refractivity contribution in [3.05, 3.63) is 107 Å². The summed E-state index contributed by atoms with van der Waals surface area (Å²) in [6, 6.07) is 20.5. The second-order valence-corrected chi connectivity index (χ2v) is 8.34. The number of benzene rings is 2. The number of rotatable bonds is 5. The lowest BCUT2D eigenvalue weighted by atomic mass is 10.0. The van der Waals surface area contributed by atoms with Gasteiger partial charge in [0.2, 0.25) is 0 Å². The number of aryl methyl sites for hydroxylation is 1. The van der Waals surface area contributed by atoms with Crippen LogP contribution >= 0.6 is 11.6 Å². The van der Waals surface area contributed by atoms with Crippen molar-refractivity contribution in [2.24, 2.45) is 0 Å². The second-order valence-electron chi connectivity index (χ2n) is 7.94. The number of carbonyl (C=O) groups excluding carboxylic acids is 1. The Morgan fingerprint density at radius 2 is 1.88 bits per heavy atom. The maximum absolute atomic E-state index is 13.0. The zero-order chi connectivity index (χ0) is 23.7. The molecule has 34 heavy (non-hydrogen) atoms. The summed E-state index contributed by atoms with van der Waals surface area (Å²) in [4.78, 5) is 21.9. The summed E-state index contributed by atoms with van der Waals surface area (Å²) < 4.78 is 1.93. The number of amides is 1. The predicted molar refractivity (Wildman–Crippen MR) is 134 cm³/mol. The van der Waals surface area contributed by atoms with Gasteiger partial charge < -0.3 is 10.4 Å². The fourth-order valence-corrected chi connectivity index (χ4v) is 4.16. The number of halogens is 1. The first-order valence-electron chi connectivity index (χ1n) is 10.7. The molecule has 0 aliphatic rings. The first-order valence-corrected chi connectivity index (χ1v) is 11.1. The second kappa shape index (κ2) is 9.09. The van der Waals surface area contributed by atoms with Gasteiger partial charge in [0.25, 0.3) is 5.91 Å². The lowest BCUT2D eigenvalue weighted by molar-refractivity contribution is 0.102. The topological polar surface area (TPSA) is 79.5 Å². The maximum atomic E-state index is 13.0. The van der Waals surface area contributed by atoms with Gasteiger partial charge in [-0.1, -0.05) is 35.4 Å². The molecule has 0 spiro atoms. The highest BCUT2D eigenvalue weighted by Gasteiger charge is 2.18. The van der Waals surface area contributed by atoms with E-state index >= 15 is 0 Å². The average Bonchev–Trinajstić information content (AvgIpc) is 3.25. The Kier molecular flexibility index (Phi) is 5.84.